The van der Waals surface area contributed by atoms with E-state index in [-0.39, 0.29) is 16.2 Å². The number of benzene rings is 18. The van der Waals surface area contributed by atoms with Crippen LogP contribution < -0.4 is 0 Å². The molecule has 0 aromatic heterocycles. The Bertz CT molecular complexity index is 6580. The molecule has 112 heavy (non-hydrogen) atoms. The van der Waals surface area contributed by atoms with Gasteiger partial charge in [-0.25, -0.2) is 0 Å². The van der Waals surface area contributed by atoms with Gasteiger partial charge in [0.25, 0.3) is 0 Å². The lowest BCUT2D eigenvalue weighted by atomic mass is 9.69. The molecule has 0 heterocycles. The normalized spacial score (nSPS) is 13.4. The largest absolute Gasteiger partial charge is 0.0728 e. The Morgan fingerprint density at radius 1 is 0.161 bits per heavy atom. The molecule has 0 saturated carbocycles. The van der Waals surface area contributed by atoms with Gasteiger partial charge in [0.2, 0.25) is 0 Å². The lowest BCUT2D eigenvalue weighted by Crippen LogP contribution is -2.26. The van der Waals surface area contributed by atoms with E-state index in [4.69, 9.17) is 0 Å². The molecule has 18 aromatic rings. The van der Waals surface area contributed by atoms with Crippen molar-refractivity contribution in [3.05, 3.63) is 501 Å². The topological polar surface area (TPSA) is 0 Å². The highest BCUT2D eigenvalue weighted by atomic mass is 14.6. The standard InChI is InChI=1S/3C26H18.2C17H14/c1-17-9-8-13-21-20-12-4-7-16-24(20)26(25(17)21)22-14-5-2-10-18(22)19-11-3-6-15-23(19)26;1-17-9-8-16-24-25(17)20-12-4-7-15-23(20)26(24)21-13-5-2-10-18(21)19-11-3-6-14-22(19)26;1-17-14-15-25-21(16-17)20-10-4-7-13-24(20)26(25)22-11-5-2-8-18(22)19-9-3-6-12-23(19)26;1-13-9-11-15(12-10-13)17-8-4-6-14-5-2-3-7-16(14)17;1-13-6-8-15(9-7-13)17-11-10-14-4-2-3-5-16(14)12-17/h3*2-16H,1H3;2*2-12H,1H3. The zero-order valence-electron chi connectivity index (χ0n) is 63.7. The van der Waals surface area contributed by atoms with Crippen molar-refractivity contribution in [3.63, 3.8) is 0 Å². The molecule has 6 aliphatic rings. The van der Waals surface area contributed by atoms with Crippen molar-refractivity contribution in [2.75, 3.05) is 0 Å². The van der Waals surface area contributed by atoms with Gasteiger partial charge in [0.05, 0.1) is 16.2 Å². The third-order valence-corrected chi connectivity index (χ3v) is 24.9. The van der Waals surface area contributed by atoms with Crippen molar-refractivity contribution in [1.82, 2.24) is 0 Å². The second-order valence-electron chi connectivity index (χ2n) is 31.0. The van der Waals surface area contributed by atoms with Gasteiger partial charge in [-0.3, -0.25) is 0 Å². The Morgan fingerprint density at radius 3 is 0.982 bits per heavy atom. The highest BCUT2D eigenvalue weighted by molar-refractivity contribution is 6.00. The number of hydrogen-bond acceptors (Lipinski definition) is 0. The zero-order chi connectivity index (χ0) is 75.2. The van der Waals surface area contributed by atoms with Crippen LogP contribution in [0.25, 0.3) is 111 Å². The first-order valence-electron chi connectivity index (χ1n) is 39.5. The first-order valence-corrected chi connectivity index (χ1v) is 39.5. The average molecular weight is 1430 g/mol. The highest BCUT2D eigenvalue weighted by Crippen LogP contribution is 2.66. The Kier molecular flexibility index (Phi) is 16.5. The van der Waals surface area contributed by atoms with Crippen molar-refractivity contribution < 1.29 is 0 Å². The second kappa shape index (κ2) is 27.2. The van der Waals surface area contributed by atoms with Crippen LogP contribution in [0.15, 0.2) is 406 Å². The van der Waals surface area contributed by atoms with Gasteiger partial charge in [0, 0.05) is 0 Å². The fourth-order valence-corrected chi connectivity index (χ4v) is 20.2. The van der Waals surface area contributed by atoms with Crippen molar-refractivity contribution in [2.45, 2.75) is 50.9 Å². The first kappa shape index (κ1) is 67.8. The monoisotopic (exact) mass is 1430 g/mol. The van der Waals surface area contributed by atoms with Gasteiger partial charge in [-0.15, -0.1) is 0 Å². The van der Waals surface area contributed by atoms with Gasteiger partial charge in [0.1, 0.15) is 0 Å². The molecule has 0 bridgehead atoms. The van der Waals surface area contributed by atoms with Crippen molar-refractivity contribution >= 4 is 21.5 Å². The van der Waals surface area contributed by atoms with Crippen LogP contribution in [0, 0.1) is 34.6 Å². The molecular formula is C112H82. The third-order valence-electron chi connectivity index (χ3n) is 24.9. The number of fused-ring (bicyclic) bond motifs is 32. The van der Waals surface area contributed by atoms with E-state index in [1.807, 2.05) is 0 Å². The van der Waals surface area contributed by atoms with E-state index in [9.17, 15) is 0 Å². The molecule has 0 unspecified atom stereocenters. The van der Waals surface area contributed by atoms with E-state index in [0.29, 0.717) is 0 Å². The molecule has 18 aromatic carbocycles. The molecule has 0 amide bonds. The van der Waals surface area contributed by atoms with E-state index in [2.05, 4.69) is 441 Å². The van der Waals surface area contributed by atoms with Gasteiger partial charge in [0.15, 0.2) is 0 Å². The van der Waals surface area contributed by atoms with E-state index in [1.165, 1.54) is 205 Å². The lowest BCUT2D eigenvalue weighted by molar-refractivity contribution is 0.786. The molecule has 0 aliphatic heterocycles. The Labute approximate surface area is 658 Å². The summed E-state index contributed by atoms with van der Waals surface area (Å²) >= 11 is 0. The quantitative estimate of drug-likeness (QED) is 0.162. The molecule has 6 aliphatic carbocycles. The van der Waals surface area contributed by atoms with E-state index < -0.39 is 0 Å². The molecule has 0 fully saturated rings. The summed E-state index contributed by atoms with van der Waals surface area (Å²) in [5.74, 6) is 0. The minimum Gasteiger partial charge on any atom is -0.0619 e. The van der Waals surface area contributed by atoms with E-state index in [0.717, 1.165) is 0 Å². The summed E-state index contributed by atoms with van der Waals surface area (Å²) in [7, 11) is 0. The third kappa shape index (κ3) is 10.4. The highest BCUT2D eigenvalue weighted by Gasteiger charge is 2.55. The van der Waals surface area contributed by atoms with Gasteiger partial charge < -0.3 is 0 Å². The molecular weight excluding hydrogens is 1350 g/mol. The molecule has 3 spiro atoms. The summed E-state index contributed by atoms with van der Waals surface area (Å²) in [5.41, 5.74) is 44.8. The summed E-state index contributed by atoms with van der Waals surface area (Å²) in [5, 5.41) is 5.21. The Balaban J connectivity index is 0.0000000924. The molecule has 0 atom stereocenters. The summed E-state index contributed by atoms with van der Waals surface area (Å²) in [4.78, 5) is 0. The first-order chi connectivity index (χ1) is 55.1. The SMILES string of the molecule is Cc1ccc(-c2ccc3ccccc3c2)cc1.Cc1ccc(-c2cccc3ccccc23)cc1.Cc1ccc2c(c1)-c1ccccc1C21c2ccccc2-c2ccccc21.Cc1cccc2c1-c1ccccc1C21c2ccccc2-c2ccccc21.Cc1cccc2c1C1(c3ccccc3-c3ccccc31)c1ccccc1-2. The van der Waals surface area contributed by atoms with Gasteiger partial charge in [-0.2, -0.15) is 0 Å². The maximum absolute atomic E-state index is 2.35. The predicted octanol–water partition coefficient (Wildman–Crippen LogP) is 28.6. The summed E-state index contributed by atoms with van der Waals surface area (Å²) < 4.78 is 0. The molecule has 0 heteroatoms. The molecule has 530 valence electrons. The minimum atomic E-state index is -0.190. The second-order valence-corrected chi connectivity index (χ2v) is 31.0. The summed E-state index contributed by atoms with van der Waals surface area (Å²) in [6.45, 7) is 10.9. The fourth-order valence-electron chi connectivity index (χ4n) is 20.2. The smallest absolute Gasteiger partial charge is 0.0619 e. The van der Waals surface area contributed by atoms with Crippen LogP contribution in [0.3, 0.4) is 0 Å². The van der Waals surface area contributed by atoms with Gasteiger partial charge in [-0.1, -0.05) is 417 Å². The van der Waals surface area contributed by atoms with Crippen LogP contribution in [-0.4, -0.2) is 0 Å². The van der Waals surface area contributed by atoms with Gasteiger partial charge >= 0.3 is 0 Å². The van der Waals surface area contributed by atoms with Crippen molar-refractivity contribution in [2.24, 2.45) is 0 Å². The van der Waals surface area contributed by atoms with Gasteiger partial charge in [-0.05, 0) is 229 Å². The molecule has 0 saturated heterocycles. The van der Waals surface area contributed by atoms with E-state index in [1.54, 1.807) is 0 Å². The lowest BCUT2D eigenvalue weighted by Gasteiger charge is -2.31. The van der Waals surface area contributed by atoms with Crippen LogP contribution in [0.4, 0.5) is 0 Å². The average Bonchev–Trinajstić information content (AvgIpc) is 1.52. The zero-order valence-corrected chi connectivity index (χ0v) is 63.7. The maximum Gasteiger partial charge on any atom is 0.0728 e. The Hall–Kier alpha value is -13.5. The van der Waals surface area contributed by atoms with Crippen LogP contribution >= 0.6 is 0 Å². The maximum atomic E-state index is 2.35. The molecule has 24 rings (SSSR count). The van der Waals surface area contributed by atoms with Crippen LogP contribution in [0.1, 0.15) is 94.6 Å². The summed E-state index contributed by atoms with van der Waals surface area (Å²) in [6.07, 6.45) is 0. The number of hydrogen-bond donors (Lipinski definition) is 0. The molecule has 0 N–H and O–H groups in total. The minimum absolute atomic E-state index is 0.188. The Morgan fingerprint density at radius 2 is 0.473 bits per heavy atom. The number of aryl methyl sites for hydroxylation is 5. The predicted molar refractivity (Wildman–Crippen MR) is 471 cm³/mol. The fraction of sp³-hybridized carbons (Fsp3) is 0.0714. The van der Waals surface area contributed by atoms with Crippen molar-refractivity contribution in [1.29, 1.82) is 0 Å². The molecule has 0 nitrogen and oxygen atoms in total. The number of rotatable bonds is 2. The van der Waals surface area contributed by atoms with E-state index >= 15 is 0 Å². The summed E-state index contributed by atoms with van der Waals surface area (Å²) in [6, 6.07) is 149. The molecule has 0 radical (unpaired) electrons. The van der Waals surface area contributed by atoms with Crippen LogP contribution in [-0.2, 0) is 16.2 Å². The van der Waals surface area contributed by atoms with Crippen LogP contribution in [0.5, 0.6) is 0 Å². The van der Waals surface area contributed by atoms with Crippen molar-refractivity contribution in [3.8, 4) is 89.0 Å². The van der Waals surface area contributed by atoms with Crippen LogP contribution in [0.2, 0.25) is 0 Å².